The Hall–Kier alpha value is -0.350. The van der Waals surface area contributed by atoms with Crippen LogP contribution in [-0.4, -0.2) is 53.7 Å². The van der Waals surface area contributed by atoms with Crippen LogP contribution in [0.1, 0.15) is 51.9 Å². The summed E-state index contributed by atoms with van der Waals surface area (Å²) >= 11 is 5.56. The van der Waals surface area contributed by atoms with Gasteiger partial charge in [0.2, 0.25) is 0 Å². The topological polar surface area (TPSA) is 18.5 Å². The van der Waals surface area contributed by atoms with Gasteiger partial charge in [-0.15, -0.1) is 0 Å². The molecule has 2 fully saturated rings. The van der Waals surface area contributed by atoms with Crippen LogP contribution in [0.2, 0.25) is 0 Å². The molecule has 0 bridgehead atoms. The maximum absolute atomic E-state index is 5.56. The van der Waals surface area contributed by atoms with Crippen molar-refractivity contribution in [2.24, 2.45) is 0 Å². The predicted octanol–water partition coefficient (Wildman–Crippen LogP) is 2.61. The molecule has 0 aromatic rings. The Morgan fingerprint density at radius 1 is 1.21 bits per heavy atom. The second-order valence-electron chi connectivity index (χ2n) is 6.09. The quantitative estimate of drug-likeness (QED) is 0.799. The third kappa shape index (κ3) is 4.32. The van der Waals surface area contributed by atoms with Gasteiger partial charge in [0.05, 0.1) is 0 Å². The van der Waals surface area contributed by atoms with Crippen molar-refractivity contribution in [1.82, 2.24) is 15.1 Å². The van der Waals surface area contributed by atoms with Gasteiger partial charge in [-0.3, -0.25) is 4.90 Å². The average Bonchev–Trinajstić information content (AvgIpc) is 2.87. The lowest BCUT2D eigenvalue weighted by atomic mass is 9.96. The normalized spacial score (nSPS) is 25.5. The van der Waals surface area contributed by atoms with Gasteiger partial charge in [0, 0.05) is 25.7 Å². The molecule has 0 aromatic heterocycles. The summed E-state index contributed by atoms with van der Waals surface area (Å²) < 4.78 is 0. The lowest BCUT2D eigenvalue weighted by Gasteiger charge is -2.32. The molecule has 1 unspecified atom stereocenters. The second-order valence-corrected chi connectivity index (χ2v) is 6.48. The maximum Gasteiger partial charge on any atom is 0.168 e. The SMILES string of the molecule is CCN1CCCC1CN(C)C(=S)NC1CCCCC1. The largest absolute Gasteiger partial charge is 0.360 e. The Morgan fingerprint density at radius 2 is 1.95 bits per heavy atom. The van der Waals surface area contributed by atoms with Crippen molar-refractivity contribution in [2.75, 3.05) is 26.7 Å². The van der Waals surface area contributed by atoms with Gasteiger partial charge in [-0.2, -0.15) is 0 Å². The van der Waals surface area contributed by atoms with E-state index in [0.29, 0.717) is 12.1 Å². The maximum atomic E-state index is 5.56. The van der Waals surface area contributed by atoms with Crippen molar-refractivity contribution in [1.29, 1.82) is 0 Å². The summed E-state index contributed by atoms with van der Waals surface area (Å²) in [5, 5.41) is 4.52. The summed E-state index contributed by atoms with van der Waals surface area (Å²) in [6, 6.07) is 1.32. The van der Waals surface area contributed by atoms with Crippen LogP contribution < -0.4 is 5.32 Å². The molecular weight excluding hydrogens is 254 g/mol. The van der Waals surface area contributed by atoms with Crippen molar-refractivity contribution in [3.8, 4) is 0 Å². The van der Waals surface area contributed by atoms with E-state index >= 15 is 0 Å². The Labute approximate surface area is 123 Å². The highest BCUT2D eigenvalue weighted by Crippen LogP contribution is 2.19. The predicted molar refractivity (Wildman–Crippen MR) is 85.5 cm³/mol. The number of rotatable bonds is 4. The monoisotopic (exact) mass is 283 g/mol. The van der Waals surface area contributed by atoms with Gasteiger partial charge < -0.3 is 10.2 Å². The molecule has 2 rings (SSSR count). The minimum Gasteiger partial charge on any atom is -0.360 e. The first kappa shape index (κ1) is 15.0. The zero-order valence-corrected chi connectivity index (χ0v) is 13.3. The molecule has 1 saturated heterocycles. The van der Waals surface area contributed by atoms with Gasteiger partial charge in [-0.1, -0.05) is 26.2 Å². The van der Waals surface area contributed by atoms with E-state index in [9.17, 15) is 0 Å². The van der Waals surface area contributed by atoms with Crippen LogP contribution in [-0.2, 0) is 0 Å². The first-order valence-corrected chi connectivity index (χ1v) is 8.37. The fourth-order valence-electron chi connectivity index (χ4n) is 3.45. The van der Waals surface area contributed by atoms with Crippen LogP contribution in [0.4, 0.5) is 0 Å². The van der Waals surface area contributed by atoms with E-state index in [1.54, 1.807) is 0 Å². The van der Waals surface area contributed by atoms with E-state index in [-0.39, 0.29) is 0 Å². The summed E-state index contributed by atoms with van der Waals surface area (Å²) in [6.45, 7) is 5.77. The molecule has 0 radical (unpaired) electrons. The summed E-state index contributed by atoms with van der Waals surface area (Å²) in [6.07, 6.45) is 9.36. The highest BCUT2D eigenvalue weighted by atomic mass is 32.1. The molecule has 1 N–H and O–H groups in total. The van der Waals surface area contributed by atoms with Crippen LogP contribution in [0, 0.1) is 0 Å². The van der Waals surface area contributed by atoms with Crippen LogP contribution >= 0.6 is 12.2 Å². The molecule has 2 aliphatic rings. The van der Waals surface area contributed by atoms with Gasteiger partial charge in [-0.25, -0.2) is 0 Å². The molecule has 0 aromatic carbocycles. The van der Waals surface area contributed by atoms with Crippen molar-refractivity contribution in [3.05, 3.63) is 0 Å². The van der Waals surface area contributed by atoms with E-state index in [0.717, 1.165) is 11.7 Å². The molecule has 3 nitrogen and oxygen atoms in total. The number of nitrogens with zero attached hydrogens (tertiary/aromatic N) is 2. The molecule has 1 aliphatic heterocycles. The zero-order chi connectivity index (χ0) is 13.7. The number of hydrogen-bond acceptors (Lipinski definition) is 2. The van der Waals surface area contributed by atoms with Crippen molar-refractivity contribution < 1.29 is 0 Å². The minimum absolute atomic E-state index is 0.620. The lowest BCUT2D eigenvalue weighted by Crippen LogP contribution is -2.48. The van der Waals surface area contributed by atoms with E-state index in [1.165, 1.54) is 58.0 Å². The van der Waals surface area contributed by atoms with E-state index in [4.69, 9.17) is 12.2 Å². The summed E-state index contributed by atoms with van der Waals surface area (Å²) in [4.78, 5) is 4.84. The van der Waals surface area contributed by atoms with E-state index in [1.807, 2.05) is 0 Å². The van der Waals surface area contributed by atoms with E-state index < -0.39 is 0 Å². The van der Waals surface area contributed by atoms with Crippen molar-refractivity contribution in [3.63, 3.8) is 0 Å². The third-order valence-electron chi connectivity index (χ3n) is 4.67. The lowest BCUT2D eigenvalue weighted by molar-refractivity contribution is 0.233. The Bertz CT molecular complexity index is 289. The number of likely N-dealkylation sites (tertiary alicyclic amines) is 1. The van der Waals surface area contributed by atoms with Crippen LogP contribution in [0.25, 0.3) is 0 Å². The molecular formula is C15H29N3S. The molecule has 4 heteroatoms. The van der Waals surface area contributed by atoms with Crippen LogP contribution in [0.5, 0.6) is 0 Å². The van der Waals surface area contributed by atoms with Gasteiger partial charge in [0.25, 0.3) is 0 Å². The van der Waals surface area contributed by atoms with Crippen molar-refractivity contribution >= 4 is 17.3 Å². The third-order valence-corrected chi connectivity index (χ3v) is 5.10. The fourth-order valence-corrected chi connectivity index (χ4v) is 3.69. The first-order valence-electron chi connectivity index (χ1n) is 7.96. The Morgan fingerprint density at radius 3 is 2.63 bits per heavy atom. The minimum atomic E-state index is 0.620. The number of nitrogens with one attached hydrogen (secondary N) is 1. The van der Waals surface area contributed by atoms with E-state index in [2.05, 4.69) is 29.1 Å². The molecule has 1 atom stereocenters. The van der Waals surface area contributed by atoms with Gasteiger partial charge in [0.15, 0.2) is 5.11 Å². The van der Waals surface area contributed by atoms with Crippen molar-refractivity contribution in [2.45, 2.75) is 64.0 Å². The molecule has 1 saturated carbocycles. The zero-order valence-electron chi connectivity index (χ0n) is 12.5. The number of thiocarbonyl (C=S) groups is 1. The fraction of sp³-hybridized carbons (Fsp3) is 0.933. The molecule has 1 heterocycles. The highest BCUT2D eigenvalue weighted by Gasteiger charge is 2.25. The average molecular weight is 283 g/mol. The summed E-state index contributed by atoms with van der Waals surface area (Å²) in [5.74, 6) is 0. The molecule has 0 amide bonds. The van der Waals surface area contributed by atoms with Gasteiger partial charge in [-0.05, 0) is 51.0 Å². The summed E-state index contributed by atoms with van der Waals surface area (Å²) in [5.41, 5.74) is 0. The second kappa shape index (κ2) is 7.44. The van der Waals surface area contributed by atoms with Crippen LogP contribution in [0.3, 0.4) is 0 Å². The van der Waals surface area contributed by atoms with Gasteiger partial charge >= 0.3 is 0 Å². The summed E-state index contributed by atoms with van der Waals surface area (Å²) in [7, 11) is 2.14. The smallest absolute Gasteiger partial charge is 0.168 e. The Kier molecular flexibility index (Phi) is 5.89. The Balaban J connectivity index is 1.75. The highest BCUT2D eigenvalue weighted by molar-refractivity contribution is 7.80. The standard InChI is InChI=1S/C15H29N3S/c1-3-18-11-7-10-14(18)12-17(2)15(19)16-13-8-5-4-6-9-13/h13-14H,3-12H2,1-2H3,(H,16,19). The molecule has 1 aliphatic carbocycles. The molecule has 0 spiro atoms. The van der Waals surface area contributed by atoms with Gasteiger partial charge in [0.1, 0.15) is 0 Å². The molecule has 110 valence electrons. The first-order chi connectivity index (χ1) is 9.20. The van der Waals surface area contributed by atoms with Crippen LogP contribution in [0.15, 0.2) is 0 Å². The molecule has 19 heavy (non-hydrogen) atoms. The number of hydrogen-bond donors (Lipinski definition) is 1. The number of likely N-dealkylation sites (N-methyl/N-ethyl adjacent to an activating group) is 2.